The second-order valence-corrected chi connectivity index (χ2v) is 7.51. The summed E-state index contributed by atoms with van der Waals surface area (Å²) in [5.41, 5.74) is 1.79. The van der Waals surface area contributed by atoms with E-state index in [2.05, 4.69) is 15.3 Å². The number of carbonyl (C=O) groups excluding carboxylic acids is 3. The first kappa shape index (κ1) is 21.2. The van der Waals surface area contributed by atoms with Crippen LogP contribution in [0.15, 0.2) is 53.1 Å². The molecule has 9 heteroatoms. The van der Waals surface area contributed by atoms with Crippen LogP contribution in [0.5, 0.6) is 0 Å². The Morgan fingerprint density at radius 1 is 1.19 bits per heavy atom. The summed E-state index contributed by atoms with van der Waals surface area (Å²) in [7, 11) is 0. The fourth-order valence-electron chi connectivity index (χ4n) is 3.10. The number of aryl methyl sites for hydroxylation is 1. The summed E-state index contributed by atoms with van der Waals surface area (Å²) in [5.74, 6) is -0.706. The Morgan fingerprint density at radius 2 is 2.00 bits per heavy atom. The zero-order valence-electron chi connectivity index (χ0n) is 17.7. The minimum absolute atomic E-state index is 0.00635. The zero-order valence-corrected chi connectivity index (χ0v) is 17.7. The van der Waals surface area contributed by atoms with E-state index in [4.69, 9.17) is 9.25 Å². The first-order valence-electron chi connectivity index (χ1n) is 10.2. The molecular weight excluding hydrogens is 412 g/mol. The van der Waals surface area contributed by atoms with Crippen molar-refractivity contribution in [1.29, 1.82) is 0 Å². The van der Waals surface area contributed by atoms with Gasteiger partial charge in [0.05, 0.1) is 5.69 Å². The summed E-state index contributed by atoms with van der Waals surface area (Å²) in [6, 6.07) is 12.3. The van der Waals surface area contributed by atoms with Crippen LogP contribution in [-0.2, 0) is 21.0 Å². The van der Waals surface area contributed by atoms with E-state index in [-0.39, 0.29) is 35.7 Å². The van der Waals surface area contributed by atoms with Crippen LogP contribution in [0.3, 0.4) is 0 Å². The number of rotatable bonds is 6. The number of nitrogens with zero attached hydrogens (tertiary/aromatic N) is 3. The monoisotopic (exact) mass is 434 g/mol. The third-order valence-corrected chi connectivity index (χ3v) is 4.82. The molecule has 164 valence electrons. The number of amides is 2. The number of benzene rings is 1. The number of oxazole rings is 1. The third kappa shape index (κ3) is 5.00. The highest BCUT2D eigenvalue weighted by Crippen LogP contribution is 2.31. The van der Waals surface area contributed by atoms with Gasteiger partial charge in [0, 0.05) is 30.3 Å². The molecule has 0 spiro atoms. The van der Waals surface area contributed by atoms with Crippen molar-refractivity contribution >= 4 is 23.5 Å². The van der Waals surface area contributed by atoms with Crippen molar-refractivity contribution in [2.75, 3.05) is 5.32 Å². The van der Waals surface area contributed by atoms with Gasteiger partial charge in [-0.15, -0.1) is 0 Å². The van der Waals surface area contributed by atoms with E-state index in [1.165, 1.54) is 6.92 Å². The first-order valence-corrected chi connectivity index (χ1v) is 10.2. The molecule has 1 N–H and O–H groups in total. The minimum atomic E-state index is -0.644. The van der Waals surface area contributed by atoms with Gasteiger partial charge in [-0.1, -0.05) is 12.1 Å². The molecule has 0 aliphatic heterocycles. The van der Waals surface area contributed by atoms with Gasteiger partial charge in [-0.2, -0.15) is 5.06 Å². The number of pyridine rings is 1. The van der Waals surface area contributed by atoms with E-state index in [1.54, 1.807) is 55.6 Å². The summed E-state index contributed by atoms with van der Waals surface area (Å²) < 4.78 is 5.72. The van der Waals surface area contributed by atoms with Crippen LogP contribution in [0.25, 0.3) is 11.5 Å². The van der Waals surface area contributed by atoms with Crippen LogP contribution in [0, 0.1) is 12.8 Å². The topological polar surface area (TPSA) is 115 Å². The van der Waals surface area contributed by atoms with Crippen LogP contribution in [0.1, 0.15) is 41.7 Å². The average Bonchev–Trinajstić information content (AvgIpc) is 3.55. The van der Waals surface area contributed by atoms with Crippen molar-refractivity contribution < 1.29 is 23.6 Å². The molecule has 0 radical (unpaired) electrons. The molecule has 2 aromatic heterocycles. The van der Waals surface area contributed by atoms with E-state index < -0.39 is 11.9 Å². The Balaban J connectivity index is 1.56. The van der Waals surface area contributed by atoms with Gasteiger partial charge >= 0.3 is 11.9 Å². The Kier molecular flexibility index (Phi) is 5.98. The average molecular weight is 434 g/mol. The van der Waals surface area contributed by atoms with Gasteiger partial charge < -0.3 is 14.6 Å². The summed E-state index contributed by atoms with van der Waals surface area (Å²) >= 11 is 0. The summed E-state index contributed by atoms with van der Waals surface area (Å²) in [6.07, 6.45) is 3.40. The summed E-state index contributed by atoms with van der Waals surface area (Å²) in [5, 5.41) is 3.79. The van der Waals surface area contributed by atoms with Gasteiger partial charge in [0.15, 0.2) is 5.69 Å². The molecule has 1 aromatic carbocycles. The minimum Gasteiger partial charge on any atom is -0.441 e. The van der Waals surface area contributed by atoms with E-state index in [0.29, 0.717) is 16.9 Å². The van der Waals surface area contributed by atoms with E-state index >= 15 is 0 Å². The molecule has 9 nitrogen and oxygen atoms in total. The molecular formula is C23H22N4O5. The van der Waals surface area contributed by atoms with Gasteiger partial charge in [-0.25, -0.2) is 4.98 Å². The Labute approximate surface area is 184 Å². The van der Waals surface area contributed by atoms with Crippen LogP contribution in [-0.4, -0.2) is 32.8 Å². The quantitative estimate of drug-likeness (QED) is 0.590. The maximum Gasteiger partial charge on any atom is 0.329 e. The lowest BCUT2D eigenvalue weighted by Gasteiger charge is -2.19. The first-order chi connectivity index (χ1) is 15.4. The molecule has 4 rings (SSSR count). The van der Waals surface area contributed by atoms with Gasteiger partial charge in [-0.3, -0.25) is 19.4 Å². The van der Waals surface area contributed by atoms with Crippen molar-refractivity contribution in [1.82, 2.24) is 15.0 Å². The fraction of sp³-hybridized carbons (Fsp3) is 0.261. The largest absolute Gasteiger partial charge is 0.441 e. The molecule has 2 amide bonds. The molecule has 1 aliphatic carbocycles. The van der Waals surface area contributed by atoms with E-state index in [9.17, 15) is 14.4 Å². The van der Waals surface area contributed by atoms with Crippen LogP contribution in [0.2, 0.25) is 0 Å². The molecule has 32 heavy (non-hydrogen) atoms. The van der Waals surface area contributed by atoms with Crippen LogP contribution >= 0.6 is 0 Å². The number of hydroxylamine groups is 2. The number of nitrogens with one attached hydrogen (secondary N) is 1. The molecule has 0 saturated heterocycles. The number of hydrogen-bond acceptors (Lipinski definition) is 7. The van der Waals surface area contributed by atoms with Crippen molar-refractivity contribution in [2.24, 2.45) is 5.92 Å². The smallest absolute Gasteiger partial charge is 0.329 e. The lowest BCUT2D eigenvalue weighted by Crippen LogP contribution is -2.33. The molecule has 3 aromatic rings. The van der Waals surface area contributed by atoms with Gasteiger partial charge in [0.1, 0.15) is 12.3 Å². The zero-order chi connectivity index (χ0) is 22.7. The van der Waals surface area contributed by atoms with Crippen molar-refractivity contribution in [3.63, 3.8) is 0 Å². The third-order valence-electron chi connectivity index (χ3n) is 4.82. The fourth-order valence-corrected chi connectivity index (χ4v) is 3.10. The molecule has 1 aliphatic rings. The Hall–Kier alpha value is -4.01. The summed E-state index contributed by atoms with van der Waals surface area (Å²) in [4.78, 5) is 50.3. The molecule has 2 heterocycles. The molecule has 0 bridgehead atoms. The Bertz CT molecular complexity index is 1150. The highest BCUT2D eigenvalue weighted by Gasteiger charge is 2.30. The molecule has 0 unspecified atom stereocenters. The number of aromatic nitrogens is 2. The van der Waals surface area contributed by atoms with Gasteiger partial charge in [0.2, 0.25) is 11.8 Å². The maximum absolute atomic E-state index is 13.1. The number of anilines is 1. The highest BCUT2D eigenvalue weighted by atomic mass is 16.7. The predicted octanol–water partition coefficient (Wildman–Crippen LogP) is 3.51. The van der Waals surface area contributed by atoms with Crippen LogP contribution < -0.4 is 5.32 Å². The lowest BCUT2D eigenvalue weighted by molar-refractivity contribution is -0.177. The van der Waals surface area contributed by atoms with E-state index in [1.807, 2.05) is 0 Å². The SMILES string of the molecule is CC(=O)ON(Cc1ccccn1)C(=O)c1nc(-c2cccc(NC(=O)C3CC3)c2)oc1C. The normalized spacial score (nSPS) is 12.8. The highest BCUT2D eigenvalue weighted by molar-refractivity contribution is 5.95. The van der Waals surface area contributed by atoms with Gasteiger partial charge in [0.25, 0.3) is 0 Å². The van der Waals surface area contributed by atoms with Gasteiger partial charge in [-0.05, 0) is 50.1 Å². The maximum atomic E-state index is 13.1. The van der Waals surface area contributed by atoms with Crippen LogP contribution in [0.4, 0.5) is 5.69 Å². The standard InChI is InChI=1S/C23H22N4O5/c1-14-20(23(30)27(32-15(2)28)13-19-7-3-4-11-24-19)26-22(31-14)17-6-5-8-18(12-17)25-21(29)16-9-10-16/h3-8,11-12,16H,9-10,13H2,1-2H3,(H,25,29). The molecule has 1 saturated carbocycles. The van der Waals surface area contributed by atoms with Crippen molar-refractivity contribution in [3.8, 4) is 11.5 Å². The molecule has 1 fully saturated rings. The van der Waals surface area contributed by atoms with Crippen molar-refractivity contribution in [2.45, 2.75) is 33.2 Å². The number of carbonyl (C=O) groups is 3. The Morgan fingerprint density at radius 3 is 2.69 bits per heavy atom. The van der Waals surface area contributed by atoms with E-state index in [0.717, 1.165) is 17.9 Å². The second-order valence-electron chi connectivity index (χ2n) is 7.51. The van der Waals surface area contributed by atoms with Crippen molar-refractivity contribution in [3.05, 3.63) is 65.8 Å². The lowest BCUT2D eigenvalue weighted by atomic mass is 10.2. The molecule has 0 atom stereocenters. The predicted molar refractivity (Wildman–Crippen MR) is 114 cm³/mol. The summed E-state index contributed by atoms with van der Waals surface area (Å²) in [6.45, 7) is 2.78. The number of hydrogen-bond donors (Lipinski definition) is 1. The second kappa shape index (κ2) is 9.01.